The molecule has 3 rings (SSSR count). The predicted octanol–water partition coefficient (Wildman–Crippen LogP) is 4.66. The Bertz CT molecular complexity index is 500. The van der Waals surface area contributed by atoms with Crippen molar-refractivity contribution < 1.29 is 4.74 Å². The van der Waals surface area contributed by atoms with Crippen LogP contribution in [-0.2, 0) is 4.74 Å². The number of rotatable bonds is 0. The zero-order valence-corrected chi connectivity index (χ0v) is 13.1. The lowest BCUT2D eigenvalue weighted by atomic mass is 9.56. The average Bonchev–Trinajstić information content (AvgIpc) is 2.71. The number of ether oxygens (including phenoxy) is 1. The van der Waals surface area contributed by atoms with Gasteiger partial charge in [0.25, 0.3) is 0 Å². The van der Waals surface area contributed by atoms with Gasteiger partial charge in [-0.15, -0.1) is 0 Å². The number of hydrogen-bond donors (Lipinski definition) is 0. The van der Waals surface area contributed by atoms with Crippen LogP contribution in [0.25, 0.3) is 0 Å². The molecule has 0 radical (unpaired) electrons. The van der Waals surface area contributed by atoms with E-state index in [2.05, 4.69) is 65.8 Å². The van der Waals surface area contributed by atoms with Crippen LogP contribution in [0.1, 0.15) is 48.0 Å². The number of allylic oxidation sites excluding steroid dienone is 5. The van der Waals surface area contributed by atoms with Crippen molar-refractivity contribution in [3.63, 3.8) is 0 Å². The Kier molecular flexibility index (Phi) is 2.52. The highest BCUT2D eigenvalue weighted by molar-refractivity contribution is 5.44. The van der Waals surface area contributed by atoms with E-state index in [1.165, 1.54) is 17.6 Å². The fraction of sp³-hybridized carbons (Fsp3) is 0.667. The highest BCUT2D eigenvalue weighted by Gasteiger charge is 2.56. The molecule has 0 spiro atoms. The standard InChI is InChI=1S/C18H26O/c1-16(2)14-10-12-8-7-9-13(12)11-15(14)17(3,4)19-18(16,5)6/h7-9,11-12,14H,10H2,1-6H3. The molecule has 0 saturated carbocycles. The van der Waals surface area contributed by atoms with Gasteiger partial charge in [-0.1, -0.05) is 38.2 Å². The molecule has 0 bridgehead atoms. The molecular formula is C18H26O. The molecule has 0 amide bonds. The summed E-state index contributed by atoms with van der Waals surface area (Å²) >= 11 is 0. The Balaban J connectivity index is 2.12. The van der Waals surface area contributed by atoms with E-state index in [4.69, 9.17) is 4.74 Å². The van der Waals surface area contributed by atoms with Gasteiger partial charge in [0.05, 0.1) is 11.2 Å². The third-order valence-corrected chi connectivity index (χ3v) is 5.88. The lowest BCUT2D eigenvalue weighted by Crippen LogP contribution is -2.59. The fourth-order valence-corrected chi connectivity index (χ4v) is 4.09. The lowest BCUT2D eigenvalue weighted by molar-refractivity contribution is -0.208. The zero-order valence-electron chi connectivity index (χ0n) is 13.1. The first-order chi connectivity index (χ1) is 8.65. The SMILES string of the molecule is CC1(C)OC(C)(C)C(C)(C)C2CC3C=CC=C3C=C21. The van der Waals surface area contributed by atoms with E-state index >= 15 is 0 Å². The quantitative estimate of drug-likeness (QED) is 0.614. The second kappa shape index (κ2) is 3.63. The summed E-state index contributed by atoms with van der Waals surface area (Å²) < 4.78 is 6.48. The van der Waals surface area contributed by atoms with E-state index in [0.29, 0.717) is 11.8 Å². The first kappa shape index (κ1) is 13.2. The highest BCUT2D eigenvalue weighted by Crippen LogP contribution is 2.58. The molecule has 0 N–H and O–H groups in total. The van der Waals surface area contributed by atoms with Crippen LogP contribution in [0, 0.1) is 17.3 Å². The summed E-state index contributed by atoms with van der Waals surface area (Å²) in [6.07, 6.45) is 10.5. The third-order valence-electron chi connectivity index (χ3n) is 5.88. The van der Waals surface area contributed by atoms with E-state index < -0.39 is 0 Å². The minimum Gasteiger partial charge on any atom is -0.365 e. The van der Waals surface area contributed by atoms with Crippen LogP contribution in [0.15, 0.2) is 35.5 Å². The molecule has 1 nitrogen and oxygen atoms in total. The van der Waals surface area contributed by atoms with E-state index in [9.17, 15) is 0 Å². The van der Waals surface area contributed by atoms with Crippen LogP contribution in [0.2, 0.25) is 0 Å². The van der Waals surface area contributed by atoms with Crippen molar-refractivity contribution in [1.82, 2.24) is 0 Å². The Morgan fingerprint density at radius 3 is 2.47 bits per heavy atom. The van der Waals surface area contributed by atoms with Crippen LogP contribution in [0.4, 0.5) is 0 Å². The smallest absolute Gasteiger partial charge is 0.0849 e. The Morgan fingerprint density at radius 1 is 1.11 bits per heavy atom. The summed E-state index contributed by atoms with van der Waals surface area (Å²) in [5.74, 6) is 1.23. The molecule has 2 unspecified atom stereocenters. The molecule has 1 heterocycles. The van der Waals surface area contributed by atoms with Crippen molar-refractivity contribution in [1.29, 1.82) is 0 Å². The Labute approximate surface area is 117 Å². The van der Waals surface area contributed by atoms with Crippen molar-refractivity contribution >= 4 is 0 Å². The van der Waals surface area contributed by atoms with Crippen molar-refractivity contribution in [3.8, 4) is 0 Å². The second-order valence-electron chi connectivity index (χ2n) is 7.89. The Morgan fingerprint density at radius 2 is 1.79 bits per heavy atom. The normalized spacial score (nSPS) is 37.2. The zero-order chi connectivity index (χ0) is 14.1. The second-order valence-corrected chi connectivity index (χ2v) is 7.89. The average molecular weight is 258 g/mol. The van der Waals surface area contributed by atoms with Gasteiger partial charge in [0, 0.05) is 5.92 Å². The van der Waals surface area contributed by atoms with Crippen molar-refractivity contribution in [2.24, 2.45) is 17.3 Å². The molecule has 19 heavy (non-hydrogen) atoms. The van der Waals surface area contributed by atoms with Crippen LogP contribution in [-0.4, -0.2) is 11.2 Å². The number of fused-ring (bicyclic) bond motifs is 2. The molecule has 3 aliphatic rings. The maximum atomic E-state index is 6.48. The molecule has 1 fully saturated rings. The molecule has 104 valence electrons. The molecular weight excluding hydrogens is 232 g/mol. The molecule has 0 aromatic carbocycles. The minimum absolute atomic E-state index is 0.0952. The van der Waals surface area contributed by atoms with Gasteiger partial charge >= 0.3 is 0 Å². The van der Waals surface area contributed by atoms with E-state index in [0.717, 1.165) is 0 Å². The monoisotopic (exact) mass is 258 g/mol. The molecule has 1 aliphatic heterocycles. The van der Waals surface area contributed by atoms with Crippen molar-refractivity contribution in [2.75, 3.05) is 0 Å². The molecule has 0 aromatic heterocycles. The summed E-state index contributed by atoms with van der Waals surface area (Å²) in [6.45, 7) is 13.7. The summed E-state index contributed by atoms with van der Waals surface area (Å²) in [4.78, 5) is 0. The number of hydrogen-bond acceptors (Lipinski definition) is 1. The molecule has 2 atom stereocenters. The fourth-order valence-electron chi connectivity index (χ4n) is 4.09. The van der Waals surface area contributed by atoms with Gasteiger partial charge < -0.3 is 4.74 Å². The molecule has 1 heteroatoms. The van der Waals surface area contributed by atoms with Gasteiger partial charge in [-0.3, -0.25) is 0 Å². The minimum atomic E-state index is -0.155. The van der Waals surface area contributed by atoms with Crippen LogP contribution >= 0.6 is 0 Å². The molecule has 1 saturated heterocycles. The summed E-state index contributed by atoms with van der Waals surface area (Å²) in [5, 5.41) is 0. The van der Waals surface area contributed by atoms with E-state index in [-0.39, 0.29) is 16.6 Å². The van der Waals surface area contributed by atoms with Gasteiger partial charge in [-0.2, -0.15) is 0 Å². The molecule has 2 aliphatic carbocycles. The lowest BCUT2D eigenvalue weighted by Gasteiger charge is -2.59. The summed E-state index contributed by atoms with van der Waals surface area (Å²) in [7, 11) is 0. The topological polar surface area (TPSA) is 9.23 Å². The van der Waals surface area contributed by atoms with Gasteiger partial charge in [0.2, 0.25) is 0 Å². The molecule has 0 aromatic rings. The summed E-state index contributed by atoms with van der Waals surface area (Å²) in [5.41, 5.74) is 2.87. The van der Waals surface area contributed by atoms with E-state index in [1.54, 1.807) is 0 Å². The van der Waals surface area contributed by atoms with Crippen LogP contribution in [0.5, 0.6) is 0 Å². The van der Waals surface area contributed by atoms with Gasteiger partial charge in [-0.05, 0) is 56.6 Å². The maximum absolute atomic E-state index is 6.48. The maximum Gasteiger partial charge on any atom is 0.0849 e. The van der Waals surface area contributed by atoms with Gasteiger partial charge in [0.1, 0.15) is 0 Å². The predicted molar refractivity (Wildman–Crippen MR) is 79.9 cm³/mol. The van der Waals surface area contributed by atoms with Gasteiger partial charge in [-0.25, -0.2) is 0 Å². The van der Waals surface area contributed by atoms with Crippen molar-refractivity contribution in [3.05, 3.63) is 35.5 Å². The van der Waals surface area contributed by atoms with Gasteiger partial charge in [0.15, 0.2) is 0 Å². The summed E-state index contributed by atoms with van der Waals surface area (Å²) in [6, 6.07) is 0. The van der Waals surface area contributed by atoms with Crippen molar-refractivity contribution in [2.45, 2.75) is 59.2 Å². The van der Waals surface area contributed by atoms with Crippen LogP contribution in [0.3, 0.4) is 0 Å². The first-order valence-electron chi connectivity index (χ1n) is 7.46. The van der Waals surface area contributed by atoms with Crippen LogP contribution < -0.4 is 0 Å². The largest absolute Gasteiger partial charge is 0.365 e. The Hall–Kier alpha value is -0.820. The highest BCUT2D eigenvalue weighted by atomic mass is 16.5. The first-order valence-corrected chi connectivity index (χ1v) is 7.46. The third kappa shape index (κ3) is 1.71. The van der Waals surface area contributed by atoms with E-state index in [1.807, 2.05) is 0 Å².